The standard InChI is InChI=1S/C14H19FN2O/c1-2-16-8-3-9-17-13-10-12(15)6-4-11(13)5-7-14(17)18/h4,6,10,16H,2-3,5,7-9H2,1H3. The molecule has 0 spiro atoms. The summed E-state index contributed by atoms with van der Waals surface area (Å²) in [6, 6.07) is 4.72. The third kappa shape index (κ3) is 2.88. The Bertz CT molecular complexity index is 434. The number of nitrogens with one attached hydrogen (secondary N) is 1. The highest BCUT2D eigenvalue weighted by molar-refractivity contribution is 5.96. The van der Waals surface area contributed by atoms with E-state index >= 15 is 0 Å². The summed E-state index contributed by atoms with van der Waals surface area (Å²) in [7, 11) is 0. The van der Waals surface area contributed by atoms with E-state index in [1.807, 2.05) is 0 Å². The first-order chi connectivity index (χ1) is 8.72. The molecule has 2 rings (SSSR count). The maximum Gasteiger partial charge on any atom is 0.227 e. The van der Waals surface area contributed by atoms with Crippen molar-refractivity contribution in [3.63, 3.8) is 0 Å². The molecule has 4 heteroatoms. The van der Waals surface area contributed by atoms with Crippen LogP contribution in [-0.4, -0.2) is 25.5 Å². The van der Waals surface area contributed by atoms with Crippen LogP contribution in [0.15, 0.2) is 18.2 Å². The van der Waals surface area contributed by atoms with Gasteiger partial charge >= 0.3 is 0 Å². The van der Waals surface area contributed by atoms with Gasteiger partial charge in [0.1, 0.15) is 5.82 Å². The van der Waals surface area contributed by atoms with Crippen molar-refractivity contribution in [1.29, 1.82) is 0 Å². The van der Waals surface area contributed by atoms with Crippen molar-refractivity contribution in [3.05, 3.63) is 29.6 Å². The first-order valence-electron chi connectivity index (χ1n) is 6.52. The molecule has 0 atom stereocenters. The number of carbonyl (C=O) groups is 1. The number of carbonyl (C=O) groups excluding carboxylic acids is 1. The molecule has 1 heterocycles. The Hall–Kier alpha value is -1.42. The molecule has 18 heavy (non-hydrogen) atoms. The molecule has 0 saturated carbocycles. The van der Waals surface area contributed by atoms with E-state index in [9.17, 15) is 9.18 Å². The van der Waals surface area contributed by atoms with E-state index in [-0.39, 0.29) is 11.7 Å². The summed E-state index contributed by atoms with van der Waals surface area (Å²) in [5.74, 6) is -0.176. The van der Waals surface area contributed by atoms with Gasteiger partial charge in [-0.3, -0.25) is 4.79 Å². The Kier molecular flexibility index (Phi) is 4.31. The second-order valence-corrected chi connectivity index (χ2v) is 4.53. The van der Waals surface area contributed by atoms with E-state index in [0.717, 1.165) is 37.2 Å². The molecule has 0 radical (unpaired) electrons. The summed E-state index contributed by atoms with van der Waals surface area (Å²) < 4.78 is 13.3. The van der Waals surface area contributed by atoms with E-state index < -0.39 is 0 Å². The third-order valence-corrected chi connectivity index (χ3v) is 3.23. The monoisotopic (exact) mass is 250 g/mol. The maximum atomic E-state index is 13.3. The summed E-state index contributed by atoms with van der Waals surface area (Å²) in [5, 5.41) is 3.23. The zero-order chi connectivity index (χ0) is 13.0. The fourth-order valence-corrected chi connectivity index (χ4v) is 2.29. The average molecular weight is 250 g/mol. The lowest BCUT2D eigenvalue weighted by Gasteiger charge is -2.29. The number of amides is 1. The summed E-state index contributed by atoms with van der Waals surface area (Å²) in [5.41, 5.74) is 1.82. The largest absolute Gasteiger partial charge is 0.317 e. The Morgan fingerprint density at radius 2 is 2.22 bits per heavy atom. The zero-order valence-electron chi connectivity index (χ0n) is 10.7. The molecule has 1 aromatic rings. The minimum atomic E-state index is -0.278. The highest BCUT2D eigenvalue weighted by atomic mass is 19.1. The fraction of sp³-hybridized carbons (Fsp3) is 0.500. The van der Waals surface area contributed by atoms with Gasteiger partial charge in [-0.2, -0.15) is 0 Å². The van der Waals surface area contributed by atoms with Crippen molar-refractivity contribution >= 4 is 11.6 Å². The normalized spacial score (nSPS) is 14.8. The van der Waals surface area contributed by atoms with Gasteiger partial charge in [0.15, 0.2) is 0 Å². The van der Waals surface area contributed by atoms with Gasteiger partial charge in [0.05, 0.1) is 0 Å². The average Bonchev–Trinajstić information content (AvgIpc) is 2.36. The fourth-order valence-electron chi connectivity index (χ4n) is 2.29. The number of fused-ring (bicyclic) bond motifs is 1. The lowest BCUT2D eigenvalue weighted by Crippen LogP contribution is -2.37. The van der Waals surface area contributed by atoms with Crippen molar-refractivity contribution in [3.8, 4) is 0 Å². The number of anilines is 1. The van der Waals surface area contributed by atoms with E-state index in [4.69, 9.17) is 0 Å². The molecular weight excluding hydrogens is 231 g/mol. The van der Waals surface area contributed by atoms with Crippen LogP contribution >= 0.6 is 0 Å². The summed E-state index contributed by atoms with van der Waals surface area (Å²) in [6.45, 7) is 4.52. The van der Waals surface area contributed by atoms with Gasteiger partial charge in [0, 0.05) is 18.7 Å². The molecule has 1 aliphatic rings. The molecule has 0 bridgehead atoms. The first kappa shape index (κ1) is 13.0. The molecule has 3 nitrogen and oxygen atoms in total. The summed E-state index contributed by atoms with van der Waals surface area (Å²) >= 11 is 0. The molecule has 1 aliphatic heterocycles. The van der Waals surface area contributed by atoms with E-state index in [0.29, 0.717) is 13.0 Å². The van der Waals surface area contributed by atoms with Crippen LogP contribution in [0.4, 0.5) is 10.1 Å². The minimum Gasteiger partial charge on any atom is -0.317 e. The topological polar surface area (TPSA) is 32.3 Å². The van der Waals surface area contributed by atoms with E-state index in [1.54, 1.807) is 11.0 Å². The number of hydrogen-bond acceptors (Lipinski definition) is 2. The molecule has 1 N–H and O–H groups in total. The SMILES string of the molecule is CCNCCCN1C(=O)CCc2ccc(F)cc21. The van der Waals surface area contributed by atoms with Crippen LogP contribution in [0.2, 0.25) is 0 Å². The number of aryl methyl sites for hydroxylation is 1. The summed E-state index contributed by atoms with van der Waals surface area (Å²) in [6.07, 6.45) is 2.13. The second kappa shape index (κ2) is 5.96. The van der Waals surface area contributed by atoms with Crippen LogP contribution in [0, 0.1) is 5.82 Å². The summed E-state index contributed by atoms with van der Waals surface area (Å²) in [4.78, 5) is 13.6. The lowest BCUT2D eigenvalue weighted by molar-refractivity contribution is -0.118. The van der Waals surface area contributed by atoms with Crippen LogP contribution in [-0.2, 0) is 11.2 Å². The van der Waals surface area contributed by atoms with Gasteiger partial charge in [-0.1, -0.05) is 13.0 Å². The maximum absolute atomic E-state index is 13.3. The highest BCUT2D eigenvalue weighted by Gasteiger charge is 2.23. The second-order valence-electron chi connectivity index (χ2n) is 4.53. The van der Waals surface area contributed by atoms with Gasteiger partial charge in [-0.05, 0) is 43.6 Å². The zero-order valence-corrected chi connectivity index (χ0v) is 10.7. The van der Waals surface area contributed by atoms with E-state index in [2.05, 4.69) is 12.2 Å². The Morgan fingerprint density at radius 3 is 3.00 bits per heavy atom. The van der Waals surface area contributed by atoms with Crippen molar-refractivity contribution in [2.75, 3.05) is 24.5 Å². The van der Waals surface area contributed by atoms with Crippen molar-refractivity contribution in [2.24, 2.45) is 0 Å². The minimum absolute atomic E-state index is 0.101. The lowest BCUT2D eigenvalue weighted by atomic mass is 10.0. The molecule has 1 amide bonds. The molecule has 0 unspecified atom stereocenters. The predicted octanol–water partition coefficient (Wildman–Crippen LogP) is 2.10. The number of nitrogens with zero attached hydrogens (tertiary/aromatic N) is 1. The van der Waals surface area contributed by atoms with Crippen LogP contribution in [0.5, 0.6) is 0 Å². The van der Waals surface area contributed by atoms with Gasteiger partial charge in [0.2, 0.25) is 5.91 Å². The molecule has 1 aromatic carbocycles. The van der Waals surface area contributed by atoms with Gasteiger partial charge in [-0.15, -0.1) is 0 Å². The number of hydrogen-bond donors (Lipinski definition) is 1. The van der Waals surface area contributed by atoms with Crippen molar-refractivity contribution in [1.82, 2.24) is 5.32 Å². The third-order valence-electron chi connectivity index (χ3n) is 3.23. The van der Waals surface area contributed by atoms with Gasteiger partial charge in [0.25, 0.3) is 0 Å². The Labute approximate surface area is 107 Å². The Balaban J connectivity index is 2.09. The number of halogens is 1. The molecule has 0 aromatic heterocycles. The smallest absolute Gasteiger partial charge is 0.227 e. The highest BCUT2D eigenvalue weighted by Crippen LogP contribution is 2.28. The van der Waals surface area contributed by atoms with Crippen LogP contribution in [0.3, 0.4) is 0 Å². The molecular formula is C14H19FN2O. The predicted molar refractivity (Wildman–Crippen MR) is 70.2 cm³/mol. The van der Waals surface area contributed by atoms with Gasteiger partial charge in [-0.25, -0.2) is 4.39 Å². The van der Waals surface area contributed by atoms with E-state index in [1.165, 1.54) is 12.1 Å². The number of benzene rings is 1. The van der Waals surface area contributed by atoms with Gasteiger partial charge < -0.3 is 10.2 Å². The van der Waals surface area contributed by atoms with Crippen LogP contribution < -0.4 is 10.2 Å². The first-order valence-corrected chi connectivity index (χ1v) is 6.52. The molecule has 98 valence electrons. The van der Waals surface area contributed by atoms with Crippen LogP contribution in [0.25, 0.3) is 0 Å². The Morgan fingerprint density at radius 1 is 1.39 bits per heavy atom. The van der Waals surface area contributed by atoms with Crippen molar-refractivity contribution in [2.45, 2.75) is 26.2 Å². The molecule has 0 aliphatic carbocycles. The number of rotatable bonds is 5. The molecule has 0 saturated heterocycles. The van der Waals surface area contributed by atoms with Crippen molar-refractivity contribution < 1.29 is 9.18 Å². The van der Waals surface area contributed by atoms with Crippen LogP contribution in [0.1, 0.15) is 25.3 Å². The quantitative estimate of drug-likeness (QED) is 0.812. The molecule has 0 fully saturated rings.